The normalized spacial score (nSPS) is 13.3. The van der Waals surface area contributed by atoms with Gasteiger partial charge in [0.2, 0.25) is 0 Å². The minimum absolute atomic E-state index is 0.465. The van der Waals surface area contributed by atoms with E-state index >= 15 is 0 Å². The number of hydrogen-bond acceptors (Lipinski definition) is 2. The molecule has 0 fully saturated rings. The number of fused-ring (bicyclic) bond motifs is 1. The van der Waals surface area contributed by atoms with Gasteiger partial charge in [0.15, 0.2) is 0 Å². The molecule has 2 heteroatoms. The molecular formula is C12H14O2. The second-order valence-corrected chi connectivity index (χ2v) is 3.49. The van der Waals surface area contributed by atoms with Crippen molar-refractivity contribution >= 4 is 11.0 Å². The summed E-state index contributed by atoms with van der Waals surface area (Å²) in [6.45, 7) is 2.05. The van der Waals surface area contributed by atoms with Gasteiger partial charge in [-0.3, -0.25) is 0 Å². The molecule has 1 aromatic heterocycles. The van der Waals surface area contributed by atoms with E-state index in [0.717, 1.165) is 23.8 Å². The van der Waals surface area contributed by atoms with Crippen LogP contribution in [0.4, 0.5) is 0 Å². The van der Waals surface area contributed by atoms with Crippen LogP contribution in [0, 0.1) is 0 Å². The van der Waals surface area contributed by atoms with E-state index in [1.165, 1.54) is 0 Å². The highest BCUT2D eigenvalue weighted by atomic mass is 16.4. The smallest absolute Gasteiger partial charge is 0.134 e. The van der Waals surface area contributed by atoms with Crippen molar-refractivity contribution in [1.82, 2.24) is 0 Å². The first-order chi connectivity index (χ1) is 6.81. The van der Waals surface area contributed by atoms with Crippen LogP contribution < -0.4 is 0 Å². The van der Waals surface area contributed by atoms with Crippen molar-refractivity contribution in [3.05, 3.63) is 36.1 Å². The lowest BCUT2D eigenvalue weighted by molar-refractivity contribution is 0.141. The molecule has 74 valence electrons. The van der Waals surface area contributed by atoms with Gasteiger partial charge in [0.05, 0.1) is 0 Å². The first-order valence-corrected chi connectivity index (χ1v) is 4.98. The van der Waals surface area contributed by atoms with Gasteiger partial charge in [-0.1, -0.05) is 31.5 Å². The molecule has 0 aliphatic heterocycles. The third-order valence-corrected chi connectivity index (χ3v) is 2.34. The molecule has 0 aliphatic carbocycles. The fourth-order valence-corrected chi connectivity index (χ4v) is 1.58. The highest BCUT2D eigenvalue weighted by Gasteiger charge is 2.11. The first-order valence-electron chi connectivity index (χ1n) is 4.98. The molecule has 1 aromatic carbocycles. The van der Waals surface area contributed by atoms with E-state index < -0.39 is 6.10 Å². The van der Waals surface area contributed by atoms with Crippen LogP contribution in [-0.4, -0.2) is 5.11 Å². The van der Waals surface area contributed by atoms with E-state index in [1.807, 2.05) is 37.3 Å². The van der Waals surface area contributed by atoms with Crippen LogP contribution in [-0.2, 0) is 0 Å². The van der Waals surface area contributed by atoms with Crippen molar-refractivity contribution in [2.75, 3.05) is 0 Å². The standard InChI is InChI=1S/C12H14O2/c1-2-5-10(13)12-8-9-6-3-4-7-11(9)14-12/h3-4,6-8,10,13H,2,5H2,1H3/t10-/m0/s1. The van der Waals surface area contributed by atoms with Gasteiger partial charge < -0.3 is 9.52 Å². The quantitative estimate of drug-likeness (QED) is 0.805. The Morgan fingerprint density at radius 3 is 2.86 bits per heavy atom. The lowest BCUT2D eigenvalue weighted by atomic mass is 10.1. The summed E-state index contributed by atoms with van der Waals surface area (Å²) in [4.78, 5) is 0. The molecule has 2 nitrogen and oxygen atoms in total. The van der Waals surface area contributed by atoms with Crippen LogP contribution >= 0.6 is 0 Å². The van der Waals surface area contributed by atoms with Crippen LogP contribution in [0.2, 0.25) is 0 Å². The van der Waals surface area contributed by atoms with Crippen LogP contribution in [0.5, 0.6) is 0 Å². The molecule has 0 saturated heterocycles. The third kappa shape index (κ3) is 1.66. The van der Waals surface area contributed by atoms with Crippen LogP contribution in [0.1, 0.15) is 31.6 Å². The number of hydrogen-bond donors (Lipinski definition) is 1. The predicted molar refractivity (Wildman–Crippen MR) is 56.1 cm³/mol. The Kier molecular flexibility index (Phi) is 2.55. The highest BCUT2D eigenvalue weighted by molar-refractivity contribution is 5.77. The molecule has 1 heterocycles. The predicted octanol–water partition coefficient (Wildman–Crippen LogP) is 3.27. The molecule has 0 aliphatic rings. The maximum Gasteiger partial charge on any atom is 0.134 e. The van der Waals surface area contributed by atoms with Gasteiger partial charge in [0.1, 0.15) is 17.4 Å². The SMILES string of the molecule is CCC[C@H](O)c1cc2ccccc2o1. The average molecular weight is 190 g/mol. The molecule has 2 aromatic rings. The summed E-state index contributed by atoms with van der Waals surface area (Å²) in [5.41, 5.74) is 0.845. The molecule has 1 atom stereocenters. The second-order valence-electron chi connectivity index (χ2n) is 3.49. The topological polar surface area (TPSA) is 33.4 Å². The Morgan fingerprint density at radius 2 is 2.14 bits per heavy atom. The lowest BCUT2D eigenvalue weighted by Gasteiger charge is -2.03. The Bertz CT molecular complexity index is 384. The van der Waals surface area contributed by atoms with Gasteiger partial charge in [0, 0.05) is 5.39 Å². The van der Waals surface area contributed by atoms with Crippen molar-refractivity contribution in [3.63, 3.8) is 0 Å². The van der Waals surface area contributed by atoms with Gasteiger partial charge >= 0.3 is 0 Å². The van der Waals surface area contributed by atoms with Gasteiger partial charge in [-0.2, -0.15) is 0 Å². The fraction of sp³-hybridized carbons (Fsp3) is 0.333. The molecule has 0 bridgehead atoms. The summed E-state index contributed by atoms with van der Waals surface area (Å²) >= 11 is 0. The Hall–Kier alpha value is -1.28. The molecule has 0 radical (unpaired) electrons. The van der Waals surface area contributed by atoms with E-state index in [9.17, 15) is 5.11 Å². The second kappa shape index (κ2) is 3.84. The van der Waals surface area contributed by atoms with Crippen molar-refractivity contribution in [1.29, 1.82) is 0 Å². The number of furan rings is 1. The Labute approximate surface area is 83.2 Å². The molecule has 2 rings (SSSR count). The number of aliphatic hydroxyl groups excluding tert-OH is 1. The third-order valence-electron chi connectivity index (χ3n) is 2.34. The number of benzene rings is 1. The number of rotatable bonds is 3. The zero-order valence-electron chi connectivity index (χ0n) is 8.23. The minimum atomic E-state index is -0.465. The summed E-state index contributed by atoms with van der Waals surface area (Å²) in [7, 11) is 0. The first kappa shape index (κ1) is 9.28. The zero-order valence-corrected chi connectivity index (χ0v) is 8.23. The van der Waals surface area contributed by atoms with Crippen LogP contribution in [0.15, 0.2) is 34.7 Å². The molecule has 1 N–H and O–H groups in total. The monoisotopic (exact) mass is 190 g/mol. The van der Waals surface area contributed by atoms with Crippen LogP contribution in [0.3, 0.4) is 0 Å². The maximum atomic E-state index is 9.73. The van der Waals surface area contributed by atoms with Crippen molar-refractivity contribution in [3.8, 4) is 0 Å². The summed E-state index contributed by atoms with van der Waals surface area (Å²) in [5, 5.41) is 10.8. The molecule has 0 saturated carbocycles. The molecular weight excluding hydrogens is 176 g/mol. The Balaban J connectivity index is 2.35. The maximum absolute atomic E-state index is 9.73. The van der Waals surface area contributed by atoms with Crippen molar-refractivity contribution in [2.45, 2.75) is 25.9 Å². The Morgan fingerprint density at radius 1 is 1.36 bits per heavy atom. The summed E-state index contributed by atoms with van der Waals surface area (Å²) in [6.07, 6.45) is 1.24. The summed E-state index contributed by atoms with van der Waals surface area (Å²) < 4.78 is 5.53. The van der Waals surface area contributed by atoms with Crippen molar-refractivity contribution in [2.24, 2.45) is 0 Å². The lowest BCUT2D eigenvalue weighted by Crippen LogP contribution is -1.93. The van der Waals surface area contributed by atoms with E-state index in [-0.39, 0.29) is 0 Å². The summed E-state index contributed by atoms with van der Waals surface area (Å²) in [6, 6.07) is 9.71. The van der Waals surface area contributed by atoms with Gasteiger partial charge in [-0.05, 0) is 18.6 Å². The van der Waals surface area contributed by atoms with Gasteiger partial charge in [-0.25, -0.2) is 0 Å². The number of aliphatic hydroxyl groups is 1. The molecule has 0 unspecified atom stereocenters. The van der Waals surface area contributed by atoms with E-state index in [0.29, 0.717) is 5.76 Å². The highest BCUT2D eigenvalue weighted by Crippen LogP contribution is 2.25. The fourth-order valence-electron chi connectivity index (χ4n) is 1.58. The average Bonchev–Trinajstić information content (AvgIpc) is 2.61. The minimum Gasteiger partial charge on any atom is -0.458 e. The van der Waals surface area contributed by atoms with Gasteiger partial charge in [0.25, 0.3) is 0 Å². The van der Waals surface area contributed by atoms with E-state index in [4.69, 9.17) is 4.42 Å². The van der Waals surface area contributed by atoms with Crippen LogP contribution in [0.25, 0.3) is 11.0 Å². The molecule has 14 heavy (non-hydrogen) atoms. The van der Waals surface area contributed by atoms with Crippen molar-refractivity contribution < 1.29 is 9.52 Å². The zero-order chi connectivity index (χ0) is 9.97. The van der Waals surface area contributed by atoms with E-state index in [1.54, 1.807) is 0 Å². The molecule has 0 spiro atoms. The van der Waals surface area contributed by atoms with E-state index in [2.05, 4.69) is 0 Å². The van der Waals surface area contributed by atoms with Gasteiger partial charge in [-0.15, -0.1) is 0 Å². The summed E-state index contributed by atoms with van der Waals surface area (Å²) in [5.74, 6) is 0.674. The molecule has 0 amide bonds. The largest absolute Gasteiger partial charge is 0.458 e. The number of para-hydroxylation sites is 1.